The second-order valence-corrected chi connectivity index (χ2v) is 5.68. The van der Waals surface area contributed by atoms with Crippen molar-refractivity contribution in [3.05, 3.63) is 17.7 Å². The van der Waals surface area contributed by atoms with E-state index in [1.54, 1.807) is 14.2 Å². The SMILES string of the molecule is COc1cc(C)cc(OC)c1OC1CC(O)C1(C)C. The monoisotopic (exact) mass is 266 g/mol. The number of aliphatic hydroxyl groups is 1. The molecule has 0 amide bonds. The van der Waals surface area contributed by atoms with Crippen LogP contribution in [0, 0.1) is 12.3 Å². The summed E-state index contributed by atoms with van der Waals surface area (Å²) in [6, 6.07) is 3.83. The van der Waals surface area contributed by atoms with Crippen molar-refractivity contribution >= 4 is 0 Å². The Hall–Kier alpha value is -1.42. The van der Waals surface area contributed by atoms with Gasteiger partial charge in [0.2, 0.25) is 5.75 Å². The number of hydrogen-bond acceptors (Lipinski definition) is 4. The van der Waals surface area contributed by atoms with Crippen LogP contribution < -0.4 is 14.2 Å². The van der Waals surface area contributed by atoms with Crippen LogP contribution in [0.2, 0.25) is 0 Å². The van der Waals surface area contributed by atoms with Crippen molar-refractivity contribution in [1.82, 2.24) is 0 Å². The fraction of sp³-hybridized carbons (Fsp3) is 0.600. The topological polar surface area (TPSA) is 47.9 Å². The van der Waals surface area contributed by atoms with Crippen molar-refractivity contribution in [2.24, 2.45) is 5.41 Å². The van der Waals surface area contributed by atoms with E-state index in [1.165, 1.54) is 0 Å². The molecule has 0 aliphatic heterocycles. The molecule has 0 spiro atoms. The van der Waals surface area contributed by atoms with Crippen LogP contribution in [-0.4, -0.2) is 31.5 Å². The van der Waals surface area contributed by atoms with Gasteiger partial charge in [-0.2, -0.15) is 0 Å². The number of hydrogen-bond donors (Lipinski definition) is 1. The summed E-state index contributed by atoms with van der Waals surface area (Å²) in [6.45, 7) is 5.98. The number of ether oxygens (including phenoxy) is 3. The third-order valence-corrected chi connectivity index (χ3v) is 3.99. The number of rotatable bonds is 4. The van der Waals surface area contributed by atoms with Crippen molar-refractivity contribution in [3.63, 3.8) is 0 Å². The molecule has 1 saturated carbocycles. The summed E-state index contributed by atoms with van der Waals surface area (Å²) in [4.78, 5) is 0. The average molecular weight is 266 g/mol. The molecule has 0 radical (unpaired) electrons. The zero-order valence-corrected chi connectivity index (χ0v) is 12.2. The van der Waals surface area contributed by atoms with Gasteiger partial charge in [-0.1, -0.05) is 13.8 Å². The minimum atomic E-state index is -0.320. The molecule has 4 heteroatoms. The van der Waals surface area contributed by atoms with E-state index < -0.39 is 0 Å². The second-order valence-electron chi connectivity index (χ2n) is 5.68. The smallest absolute Gasteiger partial charge is 0.203 e. The number of aryl methyl sites for hydroxylation is 1. The predicted octanol–water partition coefficient (Wildman–Crippen LogP) is 2.55. The Morgan fingerprint density at radius 1 is 1.16 bits per heavy atom. The minimum Gasteiger partial charge on any atom is -0.493 e. The molecule has 4 nitrogen and oxygen atoms in total. The van der Waals surface area contributed by atoms with E-state index in [1.807, 2.05) is 32.9 Å². The van der Waals surface area contributed by atoms with Crippen molar-refractivity contribution in [3.8, 4) is 17.2 Å². The van der Waals surface area contributed by atoms with E-state index in [-0.39, 0.29) is 17.6 Å². The molecule has 1 aliphatic carbocycles. The first-order valence-electron chi connectivity index (χ1n) is 6.47. The van der Waals surface area contributed by atoms with Gasteiger partial charge in [-0.25, -0.2) is 0 Å². The van der Waals surface area contributed by atoms with Gasteiger partial charge in [-0.3, -0.25) is 0 Å². The fourth-order valence-corrected chi connectivity index (χ4v) is 2.33. The zero-order valence-electron chi connectivity index (χ0n) is 12.2. The van der Waals surface area contributed by atoms with E-state index in [2.05, 4.69) is 0 Å². The lowest BCUT2D eigenvalue weighted by Gasteiger charge is -2.48. The molecule has 0 heterocycles. The van der Waals surface area contributed by atoms with E-state index in [0.717, 1.165) is 5.56 Å². The van der Waals surface area contributed by atoms with Crippen LogP contribution in [0.5, 0.6) is 17.2 Å². The number of benzene rings is 1. The highest BCUT2D eigenvalue weighted by Gasteiger charge is 2.49. The number of methoxy groups -OCH3 is 2. The normalized spacial score (nSPS) is 24.5. The van der Waals surface area contributed by atoms with Crippen LogP contribution in [0.4, 0.5) is 0 Å². The Labute approximate surface area is 114 Å². The van der Waals surface area contributed by atoms with Crippen LogP contribution in [0.3, 0.4) is 0 Å². The average Bonchev–Trinajstić information content (AvgIpc) is 2.39. The van der Waals surface area contributed by atoms with E-state index in [0.29, 0.717) is 23.7 Å². The lowest BCUT2D eigenvalue weighted by molar-refractivity contribution is -0.135. The van der Waals surface area contributed by atoms with Gasteiger partial charge < -0.3 is 19.3 Å². The van der Waals surface area contributed by atoms with Gasteiger partial charge in [0.1, 0.15) is 6.10 Å². The molecular formula is C15H22O4. The van der Waals surface area contributed by atoms with Gasteiger partial charge in [0.25, 0.3) is 0 Å². The molecule has 19 heavy (non-hydrogen) atoms. The van der Waals surface area contributed by atoms with Gasteiger partial charge in [0, 0.05) is 11.8 Å². The Bertz CT molecular complexity index is 442. The van der Waals surface area contributed by atoms with Crippen molar-refractivity contribution in [2.45, 2.75) is 39.4 Å². The highest BCUT2D eigenvalue weighted by molar-refractivity contribution is 5.53. The van der Waals surface area contributed by atoms with Crippen LogP contribution in [0.15, 0.2) is 12.1 Å². The van der Waals surface area contributed by atoms with E-state index in [9.17, 15) is 5.11 Å². The van der Waals surface area contributed by atoms with E-state index >= 15 is 0 Å². The third-order valence-electron chi connectivity index (χ3n) is 3.99. The van der Waals surface area contributed by atoms with Crippen LogP contribution in [0.1, 0.15) is 25.8 Å². The summed E-state index contributed by atoms with van der Waals surface area (Å²) in [5, 5.41) is 9.78. The van der Waals surface area contributed by atoms with Crippen molar-refractivity contribution in [1.29, 1.82) is 0 Å². The first-order chi connectivity index (χ1) is 8.90. The van der Waals surface area contributed by atoms with Crippen molar-refractivity contribution < 1.29 is 19.3 Å². The van der Waals surface area contributed by atoms with Crippen molar-refractivity contribution in [2.75, 3.05) is 14.2 Å². The maximum atomic E-state index is 9.78. The Morgan fingerprint density at radius 2 is 1.68 bits per heavy atom. The zero-order chi connectivity index (χ0) is 14.2. The van der Waals surface area contributed by atoms with Crippen LogP contribution >= 0.6 is 0 Å². The molecule has 0 saturated heterocycles. The summed E-state index contributed by atoms with van der Waals surface area (Å²) in [6.07, 6.45) is 0.278. The summed E-state index contributed by atoms with van der Waals surface area (Å²) in [7, 11) is 3.23. The first kappa shape index (κ1) is 14.0. The lowest BCUT2D eigenvalue weighted by Crippen LogP contribution is -2.56. The standard InChI is InChI=1S/C15H22O4/c1-9-6-10(17-4)14(11(7-9)18-5)19-13-8-12(16)15(13,2)3/h6-7,12-13,16H,8H2,1-5H3. The molecule has 2 atom stereocenters. The molecule has 1 aromatic carbocycles. The van der Waals surface area contributed by atoms with Gasteiger partial charge in [0.15, 0.2) is 11.5 Å². The molecular weight excluding hydrogens is 244 g/mol. The molecule has 1 aliphatic rings. The first-order valence-corrected chi connectivity index (χ1v) is 6.47. The summed E-state index contributed by atoms with van der Waals surface area (Å²) in [5.41, 5.74) is 0.801. The Morgan fingerprint density at radius 3 is 2.05 bits per heavy atom. The maximum Gasteiger partial charge on any atom is 0.203 e. The summed E-state index contributed by atoms with van der Waals surface area (Å²) >= 11 is 0. The Balaban J connectivity index is 2.29. The third kappa shape index (κ3) is 2.37. The summed E-state index contributed by atoms with van der Waals surface area (Å²) in [5.74, 6) is 1.93. The van der Waals surface area contributed by atoms with Gasteiger partial charge in [-0.15, -0.1) is 0 Å². The Kier molecular flexibility index (Phi) is 3.63. The molecule has 106 valence electrons. The van der Waals surface area contributed by atoms with Gasteiger partial charge >= 0.3 is 0 Å². The lowest BCUT2D eigenvalue weighted by atomic mass is 9.66. The predicted molar refractivity (Wildman–Crippen MR) is 73.1 cm³/mol. The minimum absolute atomic E-state index is 0.0343. The summed E-state index contributed by atoms with van der Waals surface area (Å²) < 4.78 is 16.8. The molecule has 2 unspecified atom stereocenters. The molecule has 1 aromatic rings. The highest BCUT2D eigenvalue weighted by atomic mass is 16.5. The fourth-order valence-electron chi connectivity index (χ4n) is 2.33. The quantitative estimate of drug-likeness (QED) is 0.910. The van der Waals surface area contributed by atoms with Gasteiger partial charge in [0.05, 0.1) is 20.3 Å². The largest absolute Gasteiger partial charge is 0.493 e. The maximum absolute atomic E-state index is 9.78. The van der Waals surface area contributed by atoms with Crippen LogP contribution in [0.25, 0.3) is 0 Å². The molecule has 2 rings (SSSR count). The van der Waals surface area contributed by atoms with Gasteiger partial charge in [-0.05, 0) is 24.6 Å². The molecule has 0 bridgehead atoms. The second kappa shape index (κ2) is 4.93. The molecule has 0 aromatic heterocycles. The number of aliphatic hydroxyl groups excluding tert-OH is 1. The molecule has 1 fully saturated rings. The van der Waals surface area contributed by atoms with Crippen LogP contribution in [-0.2, 0) is 0 Å². The van der Waals surface area contributed by atoms with E-state index in [4.69, 9.17) is 14.2 Å². The molecule has 1 N–H and O–H groups in total. The highest BCUT2D eigenvalue weighted by Crippen LogP contribution is 2.47.